The molecule has 4 amide bonds. The number of pyridine rings is 1. The molecule has 0 aliphatic carbocycles. The lowest BCUT2D eigenvalue weighted by Gasteiger charge is -2.32. The first kappa shape index (κ1) is 80.1. The highest BCUT2D eigenvalue weighted by atomic mass is 16.2. The molecule has 4 aliphatic heterocycles. The Hall–Kier alpha value is -12.2. The molecular weight excluding hydrogens is 1460 g/mol. The van der Waals surface area contributed by atoms with Gasteiger partial charge in [-0.2, -0.15) is 20.4 Å². The lowest BCUT2D eigenvalue weighted by molar-refractivity contribution is -0.134. The van der Waals surface area contributed by atoms with E-state index in [1.165, 1.54) is 22.1 Å². The molecule has 0 spiro atoms. The second-order valence-corrected chi connectivity index (χ2v) is 32.9. The molecule has 14 aromatic rings. The molecule has 3 unspecified atom stereocenters. The van der Waals surface area contributed by atoms with Gasteiger partial charge in [0, 0.05) is 151 Å². The first-order valence-electron chi connectivity index (χ1n) is 42.0. The Morgan fingerprint density at radius 1 is 0.410 bits per heavy atom. The Labute approximate surface area is 683 Å². The standard InChI is InChI=1S/C26H29N5O.C23H24N6O.C22H29N5O.C21H27N5O/c1-19-29-24-15-22(23-16-27-28-17-23)8-9-25(24)31(19)18-21-11-13-30(14-12-21)26(32)10-7-20-5-3-2-4-6-20;30-23(20-5-1-2-9-24-20)28-10-3-4-17(8-11-28)15-29-16-25-21-12-18(6-7-22(21)29)19-13-26-27-14-19;1-16(2)10-22(28)26-8-3-4-17(7-9-26)14-27-15-23-20-11-18(5-6-21(20)27)19-12-24-25-13-19;1-15(2)21(27)25-8-3-4-16(7-9-25)13-26-14-22-19-10-17(5-6-20(19)26)18-11-23-24-12-18/h2-6,8-9,15-17,21H,7,10-14,18H2,1H3,(H,27,28);1-2,5-7,9,12-14,16-17H,3-4,8,10-11,15H2,(H,26,27);5-6,11-13,15-17H,3-4,7-10,14H2,1-2H3,(H,24,25);5-6,10-12,14-16H,3-4,7-9,13H2,1-2H3,(H,23,24). The third-order valence-electron chi connectivity index (χ3n) is 23.8. The lowest BCUT2D eigenvalue weighted by Crippen LogP contribution is -2.39. The number of hydrogen-bond donors (Lipinski definition) is 4. The number of nitrogens with zero attached hydrogens (tertiary/aromatic N) is 17. The van der Waals surface area contributed by atoms with Crippen molar-refractivity contribution in [3.8, 4) is 44.5 Å². The summed E-state index contributed by atoms with van der Waals surface area (Å²) >= 11 is 0. The predicted molar refractivity (Wildman–Crippen MR) is 458 cm³/mol. The Morgan fingerprint density at radius 2 is 0.821 bits per heavy atom. The van der Waals surface area contributed by atoms with Crippen molar-refractivity contribution >= 4 is 67.8 Å². The fraction of sp³-hybridized carbons (Fsp3) is 0.402. The fourth-order valence-electron chi connectivity index (χ4n) is 17.2. The number of carbonyl (C=O) groups excluding carboxylic acids is 4. The summed E-state index contributed by atoms with van der Waals surface area (Å²) in [6.45, 7) is 20.9. The minimum absolute atomic E-state index is 0.0381. The van der Waals surface area contributed by atoms with Crippen LogP contribution in [0.1, 0.15) is 133 Å². The van der Waals surface area contributed by atoms with Crippen LogP contribution in [0.2, 0.25) is 0 Å². The smallest absolute Gasteiger partial charge is 0.272 e. The molecule has 4 N–H and O–H groups in total. The number of H-pyrrole nitrogens is 4. The Balaban J connectivity index is 0.000000122. The second-order valence-electron chi connectivity index (χ2n) is 32.9. The van der Waals surface area contributed by atoms with Crippen molar-refractivity contribution in [1.29, 1.82) is 0 Å². The van der Waals surface area contributed by atoms with Crippen molar-refractivity contribution in [3.63, 3.8) is 0 Å². The maximum absolute atomic E-state index is 12.7. The van der Waals surface area contributed by atoms with Gasteiger partial charge in [-0.05, 0) is 202 Å². The summed E-state index contributed by atoms with van der Waals surface area (Å²) in [4.78, 5) is 81.1. The third kappa shape index (κ3) is 20.2. The number of amides is 4. The van der Waals surface area contributed by atoms with Gasteiger partial charge in [-0.15, -0.1) is 0 Å². The maximum Gasteiger partial charge on any atom is 0.272 e. The molecular formula is C92H109N21O4. The number of benzene rings is 5. The molecule has 0 radical (unpaired) electrons. The molecule has 25 nitrogen and oxygen atoms in total. The van der Waals surface area contributed by atoms with Crippen LogP contribution in [0.25, 0.3) is 88.6 Å². The van der Waals surface area contributed by atoms with E-state index in [4.69, 9.17) is 4.98 Å². The minimum atomic E-state index is 0.0381. The Kier molecular flexibility index (Phi) is 26.1. The number of hydrogen-bond acceptors (Lipinski definition) is 13. The van der Waals surface area contributed by atoms with Crippen LogP contribution < -0.4 is 0 Å². The molecule has 25 heteroatoms. The van der Waals surface area contributed by atoms with Gasteiger partial charge in [-0.25, -0.2) is 19.9 Å². The van der Waals surface area contributed by atoms with Crippen LogP contribution in [0.5, 0.6) is 0 Å². The normalized spacial score (nSPS) is 17.0. The summed E-state index contributed by atoms with van der Waals surface area (Å²) < 4.78 is 9.12. The molecule has 4 fully saturated rings. The molecule has 5 aromatic carbocycles. The SMILES string of the molecule is CC(C)C(=O)N1CCCC(Cn2cnc3cc(-c4cn[nH]c4)ccc32)CC1.CC(C)CC(=O)N1CCCC(Cn2cnc3cc(-c4cn[nH]c4)ccc32)CC1.Cc1nc2cc(-c3cn[nH]c3)ccc2n1CC1CCN(C(=O)CCc2ccccc2)CC1.O=C(c1ccccn1)N1CCCC(Cn2cnc3cc(-c4cn[nH]c4)ccc32)CC1. The van der Waals surface area contributed by atoms with Gasteiger partial charge in [-0.1, -0.05) is 88.4 Å². The van der Waals surface area contributed by atoms with Gasteiger partial charge in [0.1, 0.15) is 11.5 Å². The highest BCUT2D eigenvalue weighted by Crippen LogP contribution is 2.33. The number of piperidine rings is 1. The van der Waals surface area contributed by atoms with E-state index in [1.807, 2.05) is 123 Å². The highest BCUT2D eigenvalue weighted by Gasteiger charge is 2.29. The van der Waals surface area contributed by atoms with E-state index in [9.17, 15) is 19.2 Å². The summed E-state index contributed by atoms with van der Waals surface area (Å²) in [5.74, 6) is 4.74. The third-order valence-corrected chi connectivity index (χ3v) is 23.8. The molecule has 4 aliphatic rings. The monoisotopic (exact) mass is 1570 g/mol. The van der Waals surface area contributed by atoms with E-state index >= 15 is 0 Å². The topological polar surface area (TPSA) is 280 Å². The van der Waals surface area contributed by atoms with E-state index in [1.54, 1.807) is 12.3 Å². The van der Waals surface area contributed by atoms with Crippen LogP contribution in [0, 0.1) is 42.4 Å². The van der Waals surface area contributed by atoms with Gasteiger partial charge in [0.2, 0.25) is 17.7 Å². The predicted octanol–water partition coefficient (Wildman–Crippen LogP) is 16.2. The number of aromatic nitrogens is 17. The molecule has 606 valence electrons. The number of imidazole rings is 4. The summed E-state index contributed by atoms with van der Waals surface area (Å²) in [6.07, 6.45) is 36.3. The van der Waals surface area contributed by atoms with Crippen LogP contribution in [0.3, 0.4) is 0 Å². The van der Waals surface area contributed by atoms with Crippen LogP contribution in [-0.4, -0.2) is 180 Å². The van der Waals surface area contributed by atoms with Gasteiger partial charge in [-0.3, -0.25) is 44.6 Å². The van der Waals surface area contributed by atoms with E-state index in [2.05, 4.69) is 194 Å². The van der Waals surface area contributed by atoms with Gasteiger partial charge < -0.3 is 37.9 Å². The van der Waals surface area contributed by atoms with E-state index in [0.29, 0.717) is 54.0 Å². The molecule has 3 atom stereocenters. The van der Waals surface area contributed by atoms with Crippen LogP contribution in [-0.2, 0) is 47.0 Å². The quantitative estimate of drug-likeness (QED) is 0.0587. The van der Waals surface area contributed by atoms with Crippen LogP contribution in [0.4, 0.5) is 0 Å². The first-order chi connectivity index (χ1) is 57.2. The number of aryl methyl sites for hydroxylation is 2. The summed E-state index contributed by atoms with van der Waals surface area (Å²) in [6, 6.07) is 41.4. The van der Waals surface area contributed by atoms with Crippen molar-refractivity contribution < 1.29 is 19.2 Å². The van der Waals surface area contributed by atoms with E-state index < -0.39 is 0 Å². The number of nitrogens with one attached hydrogen (secondary N) is 4. The molecule has 18 rings (SSSR count). The number of aromatic amines is 4. The van der Waals surface area contributed by atoms with Crippen molar-refractivity contribution in [2.24, 2.45) is 35.5 Å². The average molecular weight is 1570 g/mol. The summed E-state index contributed by atoms with van der Waals surface area (Å²) in [5, 5.41) is 27.6. The number of fused-ring (bicyclic) bond motifs is 4. The van der Waals surface area contributed by atoms with Crippen molar-refractivity contribution in [2.45, 2.75) is 151 Å². The Morgan fingerprint density at radius 3 is 1.26 bits per heavy atom. The van der Waals surface area contributed by atoms with E-state index in [-0.39, 0.29) is 23.6 Å². The Bertz CT molecular complexity index is 5520. The molecule has 9 aromatic heterocycles. The zero-order chi connectivity index (χ0) is 80.6. The van der Waals surface area contributed by atoms with Crippen LogP contribution in [0.15, 0.2) is 196 Å². The number of likely N-dealkylation sites (tertiary alicyclic amines) is 4. The summed E-state index contributed by atoms with van der Waals surface area (Å²) in [5.41, 5.74) is 19.2. The van der Waals surface area contributed by atoms with Crippen molar-refractivity contribution in [1.82, 2.24) is 104 Å². The molecule has 0 saturated carbocycles. The fourth-order valence-corrected chi connectivity index (χ4v) is 17.2. The maximum atomic E-state index is 12.7. The van der Waals surface area contributed by atoms with Gasteiger partial charge in [0.05, 0.1) is 87.9 Å². The first-order valence-corrected chi connectivity index (χ1v) is 42.0. The van der Waals surface area contributed by atoms with Crippen molar-refractivity contribution in [2.75, 3.05) is 52.4 Å². The zero-order valence-electron chi connectivity index (χ0n) is 68.1. The molecule has 13 heterocycles. The highest BCUT2D eigenvalue weighted by molar-refractivity contribution is 5.92. The lowest BCUT2D eigenvalue weighted by atomic mass is 9.96. The zero-order valence-corrected chi connectivity index (χ0v) is 68.1. The molecule has 0 bridgehead atoms. The summed E-state index contributed by atoms with van der Waals surface area (Å²) in [7, 11) is 0. The minimum Gasteiger partial charge on any atom is -0.343 e. The average Bonchev–Trinajstić information content (AvgIpc) is 1.66. The van der Waals surface area contributed by atoms with Crippen molar-refractivity contribution in [3.05, 3.63) is 213 Å². The number of carbonyl (C=O) groups is 4. The van der Waals surface area contributed by atoms with Gasteiger partial charge in [0.15, 0.2) is 0 Å². The van der Waals surface area contributed by atoms with E-state index in [0.717, 1.165) is 234 Å². The number of rotatable bonds is 19. The second kappa shape index (κ2) is 38.1. The van der Waals surface area contributed by atoms with Gasteiger partial charge in [0.25, 0.3) is 5.91 Å². The molecule has 117 heavy (non-hydrogen) atoms. The van der Waals surface area contributed by atoms with Gasteiger partial charge >= 0.3 is 0 Å². The largest absolute Gasteiger partial charge is 0.343 e. The van der Waals surface area contributed by atoms with Crippen LogP contribution >= 0.6 is 0 Å². The molecule has 4 saturated heterocycles.